The van der Waals surface area contributed by atoms with Gasteiger partial charge >= 0.3 is 0 Å². The Balaban J connectivity index is 1.74. The molecule has 0 saturated carbocycles. The third kappa shape index (κ3) is 4.65. The first kappa shape index (κ1) is 15.6. The number of likely N-dealkylation sites (tertiary alicyclic amines) is 2. The highest BCUT2D eigenvalue weighted by Crippen LogP contribution is 2.17. The van der Waals surface area contributed by atoms with Crippen molar-refractivity contribution in [1.82, 2.24) is 15.1 Å². The van der Waals surface area contributed by atoms with Crippen LogP contribution in [0.5, 0.6) is 0 Å². The van der Waals surface area contributed by atoms with E-state index in [1.807, 2.05) is 7.05 Å². The van der Waals surface area contributed by atoms with Crippen LogP contribution in [0.4, 0.5) is 0 Å². The van der Waals surface area contributed by atoms with Crippen molar-refractivity contribution < 1.29 is 0 Å². The monoisotopic (exact) mass is 280 g/mol. The molecule has 1 N–H and O–H groups in total. The molecule has 116 valence electrons. The van der Waals surface area contributed by atoms with Crippen LogP contribution in [0.2, 0.25) is 0 Å². The third-order valence-electron chi connectivity index (χ3n) is 4.39. The maximum atomic E-state index is 4.44. The molecule has 4 heteroatoms. The fourth-order valence-corrected chi connectivity index (χ4v) is 3.50. The Hall–Kier alpha value is -0.770. The van der Waals surface area contributed by atoms with Crippen molar-refractivity contribution in [2.75, 3.05) is 46.3 Å². The van der Waals surface area contributed by atoms with E-state index in [9.17, 15) is 0 Å². The summed E-state index contributed by atoms with van der Waals surface area (Å²) in [6, 6.07) is 0. The predicted molar refractivity (Wildman–Crippen MR) is 86.2 cm³/mol. The fraction of sp³-hybridized carbons (Fsp3) is 0.938. The van der Waals surface area contributed by atoms with Crippen LogP contribution in [0.1, 0.15) is 39.5 Å². The van der Waals surface area contributed by atoms with Gasteiger partial charge in [0.05, 0.1) is 0 Å². The van der Waals surface area contributed by atoms with Gasteiger partial charge in [0.15, 0.2) is 5.96 Å². The van der Waals surface area contributed by atoms with Gasteiger partial charge in [0.25, 0.3) is 0 Å². The molecule has 2 aliphatic rings. The van der Waals surface area contributed by atoms with Gasteiger partial charge in [0.2, 0.25) is 0 Å². The second-order valence-corrected chi connectivity index (χ2v) is 6.78. The highest BCUT2D eigenvalue weighted by Gasteiger charge is 2.22. The molecule has 20 heavy (non-hydrogen) atoms. The smallest absolute Gasteiger partial charge is 0.193 e. The molecule has 0 bridgehead atoms. The zero-order valence-electron chi connectivity index (χ0n) is 13.6. The van der Waals surface area contributed by atoms with Gasteiger partial charge in [-0.15, -0.1) is 0 Å². The minimum atomic E-state index is 0.777. The first-order chi connectivity index (χ1) is 9.69. The molecule has 0 aromatic rings. The molecule has 2 saturated heterocycles. The number of guanidine groups is 1. The largest absolute Gasteiger partial charge is 0.356 e. The number of aliphatic imine (C=N–C) groups is 1. The third-order valence-corrected chi connectivity index (χ3v) is 4.39. The van der Waals surface area contributed by atoms with E-state index in [2.05, 4.69) is 34.0 Å². The van der Waals surface area contributed by atoms with Crippen molar-refractivity contribution in [3.63, 3.8) is 0 Å². The maximum absolute atomic E-state index is 4.44. The van der Waals surface area contributed by atoms with Crippen molar-refractivity contribution in [3.05, 3.63) is 0 Å². The van der Waals surface area contributed by atoms with E-state index in [1.165, 1.54) is 58.4 Å². The lowest BCUT2D eigenvalue weighted by Gasteiger charge is -2.34. The summed E-state index contributed by atoms with van der Waals surface area (Å²) >= 11 is 0. The Morgan fingerprint density at radius 3 is 2.60 bits per heavy atom. The molecule has 4 nitrogen and oxygen atoms in total. The summed E-state index contributed by atoms with van der Waals surface area (Å²) in [7, 11) is 1.91. The molecular formula is C16H32N4. The number of rotatable bonds is 4. The van der Waals surface area contributed by atoms with Crippen molar-refractivity contribution in [2.45, 2.75) is 39.5 Å². The van der Waals surface area contributed by atoms with Crippen LogP contribution in [0.3, 0.4) is 0 Å². The van der Waals surface area contributed by atoms with Gasteiger partial charge in [-0.2, -0.15) is 0 Å². The number of hydrogen-bond donors (Lipinski definition) is 1. The summed E-state index contributed by atoms with van der Waals surface area (Å²) in [5.74, 6) is 2.67. The summed E-state index contributed by atoms with van der Waals surface area (Å²) in [5.41, 5.74) is 0. The highest BCUT2D eigenvalue weighted by molar-refractivity contribution is 5.80. The minimum Gasteiger partial charge on any atom is -0.356 e. The average Bonchev–Trinajstić information content (AvgIpc) is 2.93. The number of piperidine rings is 1. The SMILES string of the molecule is CN=C(NCC1CCCN(CC(C)C)C1)N1CCCC1. The Kier molecular flexibility index (Phi) is 6.14. The molecule has 2 rings (SSSR count). The Morgan fingerprint density at radius 1 is 1.20 bits per heavy atom. The van der Waals surface area contributed by atoms with Crippen molar-refractivity contribution >= 4 is 5.96 Å². The summed E-state index contributed by atoms with van der Waals surface area (Å²) < 4.78 is 0. The quantitative estimate of drug-likeness (QED) is 0.631. The molecule has 1 atom stereocenters. The van der Waals surface area contributed by atoms with Crippen LogP contribution < -0.4 is 5.32 Å². The van der Waals surface area contributed by atoms with Gasteiger partial charge in [0.1, 0.15) is 0 Å². The van der Waals surface area contributed by atoms with Gasteiger partial charge in [0, 0.05) is 39.8 Å². The zero-order valence-corrected chi connectivity index (χ0v) is 13.6. The second-order valence-electron chi connectivity index (χ2n) is 6.78. The van der Waals surface area contributed by atoms with E-state index in [1.54, 1.807) is 0 Å². The Bertz CT molecular complexity index is 308. The lowest BCUT2D eigenvalue weighted by atomic mass is 9.97. The molecule has 2 heterocycles. The van der Waals surface area contributed by atoms with Crippen LogP contribution in [0.25, 0.3) is 0 Å². The first-order valence-corrected chi connectivity index (χ1v) is 8.37. The Morgan fingerprint density at radius 2 is 1.95 bits per heavy atom. The number of nitrogens with zero attached hydrogens (tertiary/aromatic N) is 3. The van der Waals surface area contributed by atoms with Crippen LogP contribution in [0, 0.1) is 11.8 Å². The van der Waals surface area contributed by atoms with Gasteiger partial charge in [-0.1, -0.05) is 13.8 Å². The highest BCUT2D eigenvalue weighted by atomic mass is 15.3. The topological polar surface area (TPSA) is 30.9 Å². The normalized spacial score (nSPS) is 25.5. The summed E-state index contributed by atoms with van der Waals surface area (Å²) in [5, 5.41) is 3.60. The van der Waals surface area contributed by atoms with Crippen molar-refractivity contribution in [2.24, 2.45) is 16.8 Å². The fourth-order valence-electron chi connectivity index (χ4n) is 3.50. The summed E-state index contributed by atoms with van der Waals surface area (Å²) in [6.07, 6.45) is 5.33. The van der Waals surface area contributed by atoms with E-state index >= 15 is 0 Å². The molecule has 0 radical (unpaired) electrons. The maximum Gasteiger partial charge on any atom is 0.193 e. The van der Waals surface area contributed by atoms with Crippen LogP contribution >= 0.6 is 0 Å². The second kappa shape index (κ2) is 7.87. The average molecular weight is 280 g/mol. The molecule has 0 aliphatic carbocycles. The van der Waals surface area contributed by atoms with E-state index in [0.29, 0.717) is 0 Å². The number of nitrogens with one attached hydrogen (secondary N) is 1. The van der Waals surface area contributed by atoms with Gasteiger partial charge in [-0.05, 0) is 44.1 Å². The molecule has 2 fully saturated rings. The molecule has 0 amide bonds. The zero-order chi connectivity index (χ0) is 14.4. The lowest BCUT2D eigenvalue weighted by molar-refractivity contribution is 0.159. The molecule has 1 unspecified atom stereocenters. The predicted octanol–water partition coefficient (Wildman–Crippen LogP) is 2.03. The van der Waals surface area contributed by atoms with Crippen molar-refractivity contribution in [1.29, 1.82) is 0 Å². The van der Waals surface area contributed by atoms with Crippen molar-refractivity contribution in [3.8, 4) is 0 Å². The molecule has 0 aromatic carbocycles. The standard InChI is InChI=1S/C16H32N4/c1-14(2)12-19-8-6-7-15(13-19)11-18-16(17-3)20-9-4-5-10-20/h14-15H,4-13H2,1-3H3,(H,17,18). The van der Waals surface area contributed by atoms with Crippen LogP contribution in [-0.2, 0) is 0 Å². The molecule has 2 aliphatic heterocycles. The van der Waals surface area contributed by atoms with E-state index < -0.39 is 0 Å². The minimum absolute atomic E-state index is 0.777. The van der Waals surface area contributed by atoms with Gasteiger partial charge < -0.3 is 15.1 Å². The Labute approximate surface area is 124 Å². The van der Waals surface area contributed by atoms with E-state index in [4.69, 9.17) is 0 Å². The molecule has 0 spiro atoms. The van der Waals surface area contributed by atoms with Gasteiger partial charge in [-0.25, -0.2) is 0 Å². The van der Waals surface area contributed by atoms with E-state index in [-0.39, 0.29) is 0 Å². The van der Waals surface area contributed by atoms with Crippen LogP contribution in [-0.4, -0.2) is 62.1 Å². The van der Waals surface area contributed by atoms with Gasteiger partial charge in [-0.3, -0.25) is 4.99 Å². The number of hydrogen-bond acceptors (Lipinski definition) is 2. The van der Waals surface area contributed by atoms with E-state index in [0.717, 1.165) is 24.3 Å². The first-order valence-electron chi connectivity index (χ1n) is 8.37. The lowest BCUT2D eigenvalue weighted by Crippen LogP contribution is -2.45. The summed E-state index contributed by atoms with van der Waals surface area (Å²) in [6.45, 7) is 11.8. The van der Waals surface area contributed by atoms with Crippen LogP contribution in [0.15, 0.2) is 4.99 Å². The summed E-state index contributed by atoms with van der Waals surface area (Å²) in [4.78, 5) is 9.48. The molecular weight excluding hydrogens is 248 g/mol. The molecule has 0 aromatic heterocycles.